The lowest BCUT2D eigenvalue weighted by atomic mass is 9.82. The summed E-state index contributed by atoms with van der Waals surface area (Å²) in [6.45, 7) is 1.29. The Hall–Kier alpha value is -2.52. The van der Waals surface area contributed by atoms with E-state index in [2.05, 4.69) is 20.8 Å². The summed E-state index contributed by atoms with van der Waals surface area (Å²) in [4.78, 5) is 27.0. The standard InChI is InChI=1S/C25H31ClFN5O3/c26-18-14-16(8-9-19(18)27)25-31-30-24(35-25)15-10-12-32(13-11-15)22(33)7-3-6-21-28-20-5-2-1-4-17(20)23(34)29-21/h8-9,14-15,17,20-21,28H,1-7,10-13H2,(H,29,34). The minimum absolute atomic E-state index is 0.00824. The van der Waals surface area contributed by atoms with Crippen molar-refractivity contribution in [2.45, 2.75) is 75.9 Å². The van der Waals surface area contributed by atoms with Crippen LogP contribution in [0.25, 0.3) is 11.5 Å². The predicted molar refractivity (Wildman–Crippen MR) is 128 cm³/mol. The Bertz CT molecular complexity index is 1070. The van der Waals surface area contributed by atoms with E-state index in [4.69, 9.17) is 16.0 Å². The monoisotopic (exact) mass is 503 g/mol. The molecule has 3 atom stereocenters. The number of fused-ring (bicyclic) bond motifs is 1. The fraction of sp³-hybridized carbons (Fsp3) is 0.600. The summed E-state index contributed by atoms with van der Waals surface area (Å²) >= 11 is 5.85. The van der Waals surface area contributed by atoms with Gasteiger partial charge in [0.15, 0.2) is 0 Å². The van der Waals surface area contributed by atoms with Gasteiger partial charge in [0.25, 0.3) is 0 Å². The van der Waals surface area contributed by atoms with Gasteiger partial charge in [-0.05, 0) is 56.7 Å². The number of nitrogens with zero attached hydrogens (tertiary/aromatic N) is 3. The molecule has 188 valence electrons. The number of aromatic nitrogens is 2. The van der Waals surface area contributed by atoms with Crippen LogP contribution in [0.2, 0.25) is 5.02 Å². The molecule has 2 amide bonds. The van der Waals surface area contributed by atoms with Crippen LogP contribution in [0.4, 0.5) is 4.39 Å². The zero-order valence-electron chi connectivity index (χ0n) is 19.6. The van der Waals surface area contributed by atoms with Crippen LogP contribution in [0.15, 0.2) is 22.6 Å². The third kappa shape index (κ3) is 5.51. The van der Waals surface area contributed by atoms with E-state index in [1.54, 1.807) is 6.07 Å². The number of benzene rings is 1. The van der Waals surface area contributed by atoms with Gasteiger partial charge in [0.1, 0.15) is 5.82 Å². The molecule has 0 spiro atoms. The molecule has 10 heteroatoms. The molecule has 3 fully saturated rings. The van der Waals surface area contributed by atoms with E-state index < -0.39 is 5.82 Å². The number of halogens is 2. The molecule has 0 bridgehead atoms. The maximum absolute atomic E-state index is 13.4. The van der Waals surface area contributed by atoms with E-state index in [9.17, 15) is 14.0 Å². The number of amides is 2. The summed E-state index contributed by atoms with van der Waals surface area (Å²) in [6, 6.07) is 4.58. The van der Waals surface area contributed by atoms with Crippen LogP contribution < -0.4 is 10.6 Å². The first-order chi connectivity index (χ1) is 17.0. The molecule has 3 unspecified atom stereocenters. The summed E-state index contributed by atoms with van der Waals surface area (Å²) in [5.74, 6) is 0.848. The van der Waals surface area contributed by atoms with Crippen LogP contribution in [-0.2, 0) is 9.59 Å². The van der Waals surface area contributed by atoms with Gasteiger partial charge in [0, 0.05) is 37.0 Å². The molecule has 1 aliphatic carbocycles. The van der Waals surface area contributed by atoms with Crippen molar-refractivity contribution in [2.24, 2.45) is 5.92 Å². The van der Waals surface area contributed by atoms with E-state index in [-0.39, 0.29) is 40.9 Å². The zero-order valence-corrected chi connectivity index (χ0v) is 20.4. The molecule has 1 aromatic carbocycles. The molecule has 1 aromatic heterocycles. The molecule has 2 N–H and O–H groups in total. The number of carbonyl (C=O) groups excluding carboxylic acids is 2. The first-order valence-corrected chi connectivity index (χ1v) is 13.0. The van der Waals surface area contributed by atoms with Crippen LogP contribution in [0.5, 0.6) is 0 Å². The second-order valence-electron chi connectivity index (χ2n) is 9.85. The van der Waals surface area contributed by atoms with E-state index in [1.165, 1.54) is 18.6 Å². The van der Waals surface area contributed by atoms with E-state index in [0.29, 0.717) is 36.9 Å². The predicted octanol–water partition coefficient (Wildman–Crippen LogP) is 4.01. The minimum atomic E-state index is -0.496. The highest BCUT2D eigenvalue weighted by molar-refractivity contribution is 6.31. The second-order valence-corrected chi connectivity index (χ2v) is 10.3. The molecule has 2 aromatic rings. The number of piperidine rings is 1. The minimum Gasteiger partial charge on any atom is -0.420 e. The summed E-state index contributed by atoms with van der Waals surface area (Å²) in [5, 5.41) is 14.9. The van der Waals surface area contributed by atoms with Gasteiger partial charge < -0.3 is 14.6 Å². The van der Waals surface area contributed by atoms with Crippen molar-refractivity contribution >= 4 is 23.4 Å². The Morgan fingerprint density at radius 1 is 1.17 bits per heavy atom. The van der Waals surface area contributed by atoms with E-state index >= 15 is 0 Å². The Morgan fingerprint density at radius 3 is 2.77 bits per heavy atom. The molecule has 35 heavy (non-hydrogen) atoms. The first kappa shape index (κ1) is 24.2. The number of carbonyl (C=O) groups is 2. The van der Waals surface area contributed by atoms with Crippen LogP contribution in [0.3, 0.4) is 0 Å². The van der Waals surface area contributed by atoms with Gasteiger partial charge in [-0.2, -0.15) is 0 Å². The topological polar surface area (TPSA) is 100 Å². The van der Waals surface area contributed by atoms with Gasteiger partial charge in [-0.3, -0.25) is 14.9 Å². The summed E-state index contributed by atoms with van der Waals surface area (Å²) < 4.78 is 19.2. The highest BCUT2D eigenvalue weighted by Crippen LogP contribution is 2.31. The molecule has 1 saturated carbocycles. The SMILES string of the molecule is O=C1NC(CCCC(=O)N2CCC(c3nnc(-c4ccc(F)c(Cl)c4)o3)CC2)NC2CCCCC12. The number of rotatable bonds is 6. The van der Waals surface area contributed by atoms with Crippen molar-refractivity contribution in [3.63, 3.8) is 0 Å². The summed E-state index contributed by atoms with van der Waals surface area (Å²) in [7, 11) is 0. The highest BCUT2D eigenvalue weighted by Gasteiger charge is 2.37. The summed E-state index contributed by atoms with van der Waals surface area (Å²) in [5.41, 5.74) is 0.574. The largest absolute Gasteiger partial charge is 0.420 e. The molecule has 3 heterocycles. The van der Waals surface area contributed by atoms with Crippen molar-refractivity contribution in [1.82, 2.24) is 25.7 Å². The maximum atomic E-state index is 13.4. The molecule has 2 saturated heterocycles. The van der Waals surface area contributed by atoms with E-state index in [1.807, 2.05) is 4.90 Å². The second kappa shape index (κ2) is 10.6. The van der Waals surface area contributed by atoms with Crippen molar-refractivity contribution in [1.29, 1.82) is 0 Å². The Morgan fingerprint density at radius 2 is 1.97 bits per heavy atom. The van der Waals surface area contributed by atoms with Crippen LogP contribution in [0.1, 0.15) is 69.6 Å². The molecule has 2 aliphatic heterocycles. The fourth-order valence-electron chi connectivity index (χ4n) is 5.52. The number of likely N-dealkylation sites (tertiary alicyclic amines) is 1. The lowest BCUT2D eigenvalue weighted by molar-refractivity contribution is -0.132. The average Bonchev–Trinajstić information content (AvgIpc) is 3.36. The molecule has 3 aliphatic rings. The fourth-order valence-corrected chi connectivity index (χ4v) is 5.70. The molecule has 8 nitrogen and oxygen atoms in total. The Labute approximate surface area is 209 Å². The lowest BCUT2D eigenvalue weighted by Gasteiger charge is -2.40. The molecular weight excluding hydrogens is 473 g/mol. The highest BCUT2D eigenvalue weighted by atomic mass is 35.5. The molecular formula is C25H31ClFN5O3. The quantitative estimate of drug-likeness (QED) is 0.617. The van der Waals surface area contributed by atoms with Gasteiger partial charge in [0.05, 0.1) is 17.1 Å². The van der Waals surface area contributed by atoms with Gasteiger partial charge in [-0.25, -0.2) is 4.39 Å². The average molecular weight is 504 g/mol. The Kier molecular flexibility index (Phi) is 7.34. The third-order valence-electron chi connectivity index (χ3n) is 7.52. The Balaban J connectivity index is 1.06. The molecule has 0 radical (unpaired) electrons. The summed E-state index contributed by atoms with van der Waals surface area (Å²) in [6.07, 6.45) is 7.76. The van der Waals surface area contributed by atoms with Crippen LogP contribution in [-0.4, -0.2) is 52.2 Å². The van der Waals surface area contributed by atoms with Crippen molar-refractivity contribution in [3.8, 4) is 11.5 Å². The number of nitrogens with one attached hydrogen (secondary N) is 2. The van der Waals surface area contributed by atoms with Gasteiger partial charge in [-0.1, -0.05) is 24.4 Å². The lowest BCUT2D eigenvalue weighted by Crippen LogP contribution is -2.62. The smallest absolute Gasteiger partial charge is 0.247 e. The van der Waals surface area contributed by atoms with Gasteiger partial charge >= 0.3 is 0 Å². The molecule has 5 rings (SSSR count). The third-order valence-corrected chi connectivity index (χ3v) is 7.81. The maximum Gasteiger partial charge on any atom is 0.247 e. The number of hydrogen-bond donors (Lipinski definition) is 2. The van der Waals surface area contributed by atoms with E-state index in [0.717, 1.165) is 44.9 Å². The van der Waals surface area contributed by atoms with Gasteiger partial charge in [0.2, 0.25) is 23.6 Å². The van der Waals surface area contributed by atoms with Crippen molar-refractivity contribution < 1.29 is 18.4 Å². The zero-order chi connectivity index (χ0) is 24.4. The van der Waals surface area contributed by atoms with Crippen molar-refractivity contribution in [2.75, 3.05) is 13.1 Å². The number of hydrogen-bond acceptors (Lipinski definition) is 6. The van der Waals surface area contributed by atoms with Crippen LogP contribution in [0, 0.1) is 11.7 Å². The van der Waals surface area contributed by atoms with Gasteiger partial charge in [-0.15, -0.1) is 10.2 Å². The normalized spacial score (nSPS) is 25.3. The van der Waals surface area contributed by atoms with Crippen molar-refractivity contribution in [3.05, 3.63) is 34.9 Å². The first-order valence-electron chi connectivity index (χ1n) is 12.6. The van der Waals surface area contributed by atoms with Crippen LogP contribution >= 0.6 is 11.6 Å².